The lowest BCUT2D eigenvalue weighted by atomic mass is 10.1. The van der Waals surface area contributed by atoms with Crippen LogP contribution in [-0.2, 0) is 6.54 Å². The highest BCUT2D eigenvalue weighted by Gasteiger charge is 2.25. The van der Waals surface area contributed by atoms with Crippen molar-refractivity contribution < 1.29 is 14.3 Å². The molecule has 3 heterocycles. The van der Waals surface area contributed by atoms with E-state index in [2.05, 4.69) is 30.6 Å². The third-order valence-corrected chi connectivity index (χ3v) is 7.47. The van der Waals surface area contributed by atoms with E-state index in [4.69, 9.17) is 27.9 Å². The average Bonchev–Trinajstić information content (AvgIpc) is 2.95. The Morgan fingerprint density at radius 3 is 2.59 bits per heavy atom. The zero-order chi connectivity index (χ0) is 27.5. The van der Waals surface area contributed by atoms with E-state index in [0.717, 1.165) is 24.3 Å². The van der Waals surface area contributed by atoms with Gasteiger partial charge in [-0.1, -0.05) is 23.2 Å². The molecule has 0 saturated carbocycles. The minimum absolute atomic E-state index is 0.0919. The van der Waals surface area contributed by atoms with E-state index < -0.39 is 5.91 Å². The van der Waals surface area contributed by atoms with Crippen molar-refractivity contribution in [1.29, 1.82) is 0 Å². The van der Waals surface area contributed by atoms with Gasteiger partial charge in [0.05, 0.1) is 18.4 Å². The fraction of sp³-hybridized carbons (Fsp3) is 0.333. The zero-order valence-corrected chi connectivity index (χ0v) is 23.2. The molecule has 1 saturated heterocycles. The molecule has 0 radical (unpaired) electrons. The van der Waals surface area contributed by atoms with Gasteiger partial charge in [0.15, 0.2) is 11.5 Å². The molecule has 39 heavy (non-hydrogen) atoms. The number of benzene rings is 2. The molecule has 2 aliphatic rings. The van der Waals surface area contributed by atoms with Crippen LogP contribution < -0.4 is 20.3 Å². The van der Waals surface area contributed by atoms with Crippen molar-refractivity contribution >= 4 is 52.2 Å². The number of amides is 2. The van der Waals surface area contributed by atoms with Gasteiger partial charge in [0.25, 0.3) is 11.8 Å². The molecule has 5 rings (SSSR count). The van der Waals surface area contributed by atoms with Gasteiger partial charge >= 0.3 is 0 Å². The zero-order valence-electron chi connectivity index (χ0n) is 21.7. The quantitative estimate of drug-likeness (QED) is 0.461. The van der Waals surface area contributed by atoms with Crippen molar-refractivity contribution in [3.05, 3.63) is 69.3 Å². The van der Waals surface area contributed by atoms with Crippen molar-refractivity contribution in [3.8, 4) is 5.75 Å². The van der Waals surface area contributed by atoms with Crippen LogP contribution in [0.1, 0.15) is 26.4 Å². The van der Waals surface area contributed by atoms with Crippen LogP contribution in [0.15, 0.2) is 42.5 Å². The standard InChI is InChI=1S/C27H29Cl2N7O3/c1-34-9-11-35(12-10-34)27(38)20-5-4-19(14-24(20)39-2)31-26(37)22-15-23-25(33-32-22)30-7-8-36(23)16-17-13-18(28)3-6-21(17)29/h3-6,13-15H,7-12,16H2,1-2H3,(H,30,33)(H,31,37). The van der Waals surface area contributed by atoms with E-state index >= 15 is 0 Å². The second kappa shape index (κ2) is 11.6. The summed E-state index contributed by atoms with van der Waals surface area (Å²) in [7, 11) is 3.54. The number of halogens is 2. The van der Waals surface area contributed by atoms with Crippen LogP contribution >= 0.6 is 23.2 Å². The number of piperazine rings is 1. The van der Waals surface area contributed by atoms with Crippen molar-refractivity contribution in [1.82, 2.24) is 20.0 Å². The summed E-state index contributed by atoms with van der Waals surface area (Å²) < 4.78 is 5.50. The molecule has 1 fully saturated rings. The number of carbonyl (C=O) groups is 2. The molecule has 0 aliphatic carbocycles. The van der Waals surface area contributed by atoms with E-state index in [1.54, 1.807) is 36.4 Å². The Morgan fingerprint density at radius 1 is 1.03 bits per heavy atom. The first-order valence-corrected chi connectivity index (χ1v) is 13.4. The van der Waals surface area contributed by atoms with Crippen LogP contribution in [0.25, 0.3) is 0 Å². The fourth-order valence-corrected chi connectivity index (χ4v) is 5.02. The molecule has 0 bridgehead atoms. The normalized spacial score (nSPS) is 15.4. The maximum Gasteiger partial charge on any atom is 0.276 e. The molecule has 10 nitrogen and oxygen atoms in total. The van der Waals surface area contributed by atoms with Gasteiger partial charge in [0, 0.05) is 67.6 Å². The highest BCUT2D eigenvalue weighted by Crippen LogP contribution is 2.31. The van der Waals surface area contributed by atoms with Gasteiger partial charge in [0.1, 0.15) is 5.75 Å². The maximum atomic E-state index is 13.1. The molecule has 2 aliphatic heterocycles. The van der Waals surface area contributed by atoms with E-state index in [-0.39, 0.29) is 11.6 Å². The molecule has 2 N–H and O–H groups in total. The predicted octanol–water partition coefficient (Wildman–Crippen LogP) is 3.86. The minimum Gasteiger partial charge on any atom is -0.496 e. The van der Waals surface area contributed by atoms with Gasteiger partial charge in [-0.2, -0.15) is 0 Å². The number of rotatable bonds is 6. The number of nitrogens with one attached hydrogen (secondary N) is 2. The summed E-state index contributed by atoms with van der Waals surface area (Å²) in [4.78, 5) is 32.3. The first kappa shape index (κ1) is 27.0. The minimum atomic E-state index is -0.434. The summed E-state index contributed by atoms with van der Waals surface area (Å²) in [5.74, 6) is 0.453. The Balaban J connectivity index is 1.33. The van der Waals surface area contributed by atoms with Crippen LogP contribution in [0.2, 0.25) is 10.0 Å². The lowest BCUT2D eigenvalue weighted by molar-refractivity contribution is 0.0661. The first-order valence-electron chi connectivity index (χ1n) is 12.6. The fourth-order valence-electron chi connectivity index (χ4n) is 4.64. The lowest BCUT2D eigenvalue weighted by Gasteiger charge is -2.32. The Hall–Kier alpha value is -3.60. The van der Waals surface area contributed by atoms with Gasteiger partial charge < -0.3 is 30.1 Å². The van der Waals surface area contributed by atoms with Crippen LogP contribution in [0.4, 0.5) is 17.2 Å². The predicted molar refractivity (Wildman–Crippen MR) is 152 cm³/mol. The summed E-state index contributed by atoms with van der Waals surface area (Å²) in [5, 5.41) is 15.6. The summed E-state index contributed by atoms with van der Waals surface area (Å²) >= 11 is 12.6. The molecule has 12 heteroatoms. The van der Waals surface area contributed by atoms with E-state index in [1.807, 2.05) is 18.0 Å². The van der Waals surface area contributed by atoms with Crippen molar-refractivity contribution in [2.24, 2.45) is 0 Å². The van der Waals surface area contributed by atoms with E-state index in [0.29, 0.717) is 65.6 Å². The number of ether oxygens (including phenoxy) is 1. The second-order valence-corrected chi connectivity index (χ2v) is 10.4. The van der Waals surface area contributed by atoms with Crippen LogP contribution in [-0.4, -0.2) is 85.2 Å². The number of hydrogen-bond donors (Lipinski definition) is 2. The first-order chi connectivity index (χ1) is 18.8. The van der Waals surface area contributed by atoms with Crippen molar-refractivity contribution in [2.45, 2.75) is 6.54 Å². The van der Waals surface area contributed by atoms with Crippen LogP contribution in [0, 0.1) is 0 Å². The largest absolute Gasteiger partial charge is 0.496 e. The average molecular weight is 570 g/mol. The number of likely N-dealkylation sites (N-methyl/N-ethyl adjacent to an activating group) is 1. The number of anilines is 3. The summed E-state index contributed by atoms with van der Waals surface area (Å²) in [6.07, 6.45) is 0. The smallest absolute Gasteiger partial charge is 0.276 e. The molecule has 1 aromatic heterocycles. The molecule has 3 aromatic rings. The van der Waals surface area contributed by atoms with E-state index in [1.165, 1.54) is 7.11 Å². The highest BCUT2D eigenvalue weighted by atomic mass is 35.5. The van der Waals surface area contributed by atoms with E-state index in [9.17, 15) is 9.59 Å². The molecular formula is C27H29Cl2N7O3. The molecular weight excluding hydrogens is 541 g/mol. The highest BCUT2D eigenvalue weighted by molar-refractivity contribution is 6.33. The summed E-state index contributed by atoms with van der Waals surface area (Å²) in [5.41, 5.74) is 2.69. The van der Waals surface area contributed by atoms with Crippen LogP contribution in [0.5, 0.6) is 5.75 Å². The molecule has 0 spiro atoms. The van der Waals surface area contributed by atoms with Gasteiger partial charge in [-0.3, -0.25) is 9.59 Å². The number of carbonyl (C=O) groups excluding carboxylic acids is 2. The molecule has 204 valence electrons. The molecule has 0 unspecified atom stereocenters. The molecule has 2 aromatic carbocycles. The maximum absolute atomic E-state index is 13.1. The monoisotopic (exact) mass is 569 g/mol. The Labute approximate surface area is 236 Å². The van der Waals surface area contributed by atoms with Gasteiger partial charge in [0.2, 0.25) is 0 Å². The third kappa shape index (κ3) is 6.03. The molecule has 2 amide bonds. The van der Waals surface area contributed by atoms with Gasteiger partial charge in [-0.25, -0.2) is 0 Å². The number of aromatic nitrogens is 2. The number of fused-ring (bicyclic) bond motifs is 1. The Morgan fingerprint density at radius 2 is 1.82 bits per heavy atom. The van der Waals surface area contributed by atoms with Crippen LogP contribution in [0.3, 0.4) is 0 Å². The number of hydrogen-bond acceptors (Lipinski definition) is 8. The summed E-state index contributed by atoms with van der Waals surface area (Å²) in [6.45, 7) is 4.81. The number of nitrogens with zero attached hydrogens (tertiary/aromatic N) is 5. The van der Waals surface area contributed by atoms with Crippen molar-refractivity contribution in [3.63, 3.8) is 0 Å². The third-order valence-electron chi connectivity index (χ3n) is 6.87. The Kier molecular flexibility index (Phi) is 8.06. The van der Waals surface area contributed by atoms with Gasteiger partial charge in [-0.05, 0) is 49.0 Å². The Bertz CT molecular complexity index is 1400. The number of methoxy groups -OCH3 is 1. The second-order valence-electron chi connectivity index (χ2n) is 9.51. The lowest BCUT2D eigenvalue weighted by Crippen LogP contribution is -2.47. The topological polar surface area (TPSA) is 103 Å². The molecule has 0 atom stereocenters. The SMILES string of the molecule is COc1cc(NC(=O)c2cc3c(nn2)NCCN3Cc2cc(Cl)ccc2Cl)ccc1C(=O)N1CCN(C)CC1. The van der Waals surface area contributed by atoms with Gasteiger partial charge in [-0.15, -0.1) is 10.2 Å². The van der Waals surface area contributed by atoms with Crippen molar-refractivity contribution in [2.75, 3.05) is 69.0 Å². The summed E-state index contributed by atoms with van der Waals surface area (Å²) in [6, 6.07) is 12.0.